The van der Waals surface area contributed by atoms with Crippen LogP contribution in [-0.4, -0.2) is 13.5 Å². The highest BCUT2D eigenvalue weighted by molar-refractivity contribution is 7.92. The van der Waals surface area contributed by atoms with Gasteiger partial charge in [-0.1, -0.05) is 11.6 Å². The Hall–Kier alpha value is -1.57. The van der Waals surface area contributed by atoms with Gasteiger partial charge in [0.15, 0.2) is 0 Å². The summed E-state index contributed by atoms with van der Waals surface area (Å²) in [7, 11) is -3.95. The molecule has 0 aliphatic rings. The zero-order valence-electron chi connectivity index (χ0n) is 10.4. The van der Waals surface area contributed by atoms with Crippen molar-refractivity contribution in [3.8, 4) is 0 Å². The van der Waals surface area contributed by atoms with Gasteiger partial charge in [-0.2, -0.15) is 0 Å². The zero-order chi connectivity index (χ0) is 14.9. The van der Waals surface area contributed by atoms with E-state index in [1.54, 1.807) is 0 Å². The molecule has 0 spiro atoms. The molecule has 20 heavy (non-hydrogen) atoms. The van der Waals surface area contributed by atoms with Gasteiger partial charge in [-0.05, 0) is 25.1 Å². The van der Waals surface area contributed by atoms with Gasteiger partial charge in [-0.15, -0.1) is 0 Å². The third kappa shape index (κ3) is 3.12. The molecule has 5 nitrogen and oxygen atoms in total. The fourth-order valence-corrected chi connectivity index (χ4v) is 3.16. The summed E-state index contributed by atoms with van der Waals surface area (Å²) in [5.41, 5.74) is 0.00106. The van der Waals surface area contributed by atoms with Gasteiger partial charge in [-0.3, -0.25) is 4.72 Å². The minimum absolute atomic E-state index is 0.00106. The van der Waals surface area contributed by atoms with Crippen molar-refractivity contribution < 1.29 is 22.3 Å². The minimum atomic E-state index is -3.95. The second-order valence-electron chi connectivity index (χ2n) is 4.05. The first-order chi connectivity index (χ1) is 9.31. The molecule has 0 aliphatic carbocycles. The van der Waals surface area contributed by atoms with E-state index in [1.807, 2.05) is 0 Å². The molecular weight excluding hydrogens is 309 g/mol. The fourth-order valence-electron chi connectivity index (χ4n) is 1.69. The molecule has 8 heteroatoms. The van der Waals surface area contributed by atoms with Crippen molar-refractivity contribution in [2.45, 2.75) is 18.4 Å². The molecule has 1 heterocycles. The van der Waals surface area contributed by atoms with Crippen molar-refractivity contribution in [1.29, 1.82) is 0 Å². The Balaban J connectivity index is 2.37. The molecular formula is C12H11ClFNO4S. The van der Waals surface area contributed by atoms with E-state index >= 15 is 0 Å². The Kier molecular flexibility index (Phi) is 4.03. The molecule has 0 bridgehead atoms. The lowest BCUT2D eigenvalue weighted by Gasteiger charge is -2.07. The molecule has 0 saturated heterocycles. The summed E-state index contributed by atoms with van der Waals surface area (Å²) in [6.45, 7) is 1.04. The Morgan fingerprint density at radius 1 is 1.35 bits per heavy atom. The maximum atomic E-state index is 13.2. The van der Waals surface area contributed by atoms with Gasteiger partial charge >= 0.3 is 0 Å². The number of halogens is 2. The van der Waals surface area contributed by atoms with Crippen molar-refractivity contribution in [1.82, 2.24) is 0 Å². The Bertz CT molecular complexity index is 722. The third-order valence-corrected chi connectivity index (χ3v) is 4.19. The topological polar surface area (TPSA) is 79.5 Å². The summed E-state index contributed by atoms with van der Waals surface area (Å²) < 4.78 is 44.8. The van der Waals surface area contributed by atoms with Crippen LogP contribution >= 0.6 is 11.6 Å². The number of benzene rings is 1. The van der Waals surface area contributed by atoms with Gasteiger partial charge in [0, 0.05) is 11.1 Å². The van der Waals surface area contributed by atoms with E-state index in [0.717, 1.165) is 12.1 Å². The second-order valence-corrected chi connectivity index (χ2v) is 6.14. The number of nitrogens with one attached hydrogen (secondary N) is 1. The lowest BCUT2D eigenvalue weighted by Crippen LogP contribution is -2.13. The molecule has 0 radical (unpaired) electrons. The lowest BCUT2D eigenvalue weighted by molar-refractivity contribution is 0.245. The number of hydrogen-bond donors (Lipinski definition) is 2. The summed E-state index contributed by atoms with van der Waals surface area (Å²) in [5, 5.41) is 9.00. The monoisotopic (exact) mass is 319 g/mol. The number of aryl methyl sites for hydroxylation is 1. The number of aliphatic hydroxyl groups excluding tert-OH is 1. The summed E-state index contributed by atoms with van der Waals surface area (Å²) in [4.78, 5) is -0.123. The van der Waals surface area contributed by atoms with Crippen LogP contribution in [0.2, 0.25) is 5.02 Å². The van der Waals surface area contributed by atoms with Gasteiger partial charge < -0.3 is 9.52 Å². The highest BCUT2D eigenvalue weighted by Gasteiger charge is 2.21. The number of anilines is 1. The highest BCUT2D eigenvalue weighted by atomic mass is 35.5. The standard InChI is InChI=1S/C12H11ClFNO4S/c1-7-12(5-11(6-16)19-7)20(17,18)15-10-3-8(13)2-9(14)4-10/h2-5,15-16H,6H2,1H3. The molecule has 2 aromatic rings. The lowest BCUT2D eigenvalue weighted by atomic mass is 10.3. The van der Waals surface area contributed by atoms with Crippen molar-refractivity contribution in [3.05, 3.63) is 46.6 Å². The average molecular weight is 320 g/mol. The number of rotatable bonds is 4. The quantitative estimate of drug-likeness (QED) is 0.908. The number of furan rings is 1. The second kappa shape index (κ2) is 5.43. The molecule has 0 atom stereocenters. The zero-order valence-corrected chi connectivity index (χ0v) is 11.9. The van der Waals surface area contributed by atoms with E-state index in [9.17, 15) is 12.8 Å². The van der Waals surface area contributed by atoms with E-state index < -0.39 is 22.4 Å². The molecule has 0 aliphatic heterocycles. The predicted octanol–water partition coefficient (Wildman–Crippen LogP) is 2.67. The maximum Gasteiger partial charge on any atom is 0.265 e. The van der Waals surface area contributed by atoms with Crippen LogP contribution in [0.15, 0.2) is 33.6 Å². The third-order valence-electron chi connectivity index (χ3n) is 2.48. The summed E-state index contributed by atoms with van der Waals surface area (Å²) >= 11 is 5.66. The number of sulfonamides is 1. The van der Waals surface area contributed by atoms with E-state index in [4.69, 9.17) is 21.1 Å². The largest absolute Gasteiger partial charge is 0.462 e. The minimum Gasteiger partial charge on any atom is -0.462 e. The van der Waals surface area contributed by atoms with Crippen LogP contribution in [0.3, 0.4) is 0 Å². The van der Waals surface area contributed by atoms with Crippen LogP contribution < -0.4 is 4.72 Å². The van der Waals surface area contributed by atoms with Gasteiger partial charge in [0.1, 0.15) is 28.8 Å². The number of hydrogen-bond acceptors (Lipinski definition) is 4. The molecule has 108 valence electrons. The Morgan fingerprint density at radius 2 is 2.05 bits per heavy atom. The van der Waals surface area contributed by atoms with Crippen LogP contribution in [0.5, 0.6) is 0 Å². The normalized spacial score (nSPS) is 11.6. The maximum absolute atomic E-state index is 13.2. The number of aliphatic hydroxyl groups is 1. The van der Waals surface area contributed by atoms with Crippen molar-refractivity contribution in [2.24, 2.45) is 0 Å². The molecule has 0 amide bonds. The van der Waals surface area contributed by atoms with Crippen molar-refractivity contribution in [2.75, 3.05) is 4.72 Å². The van der Waals surface area contributed by atoms with Crippen LogP contribution in [0.1, 0.15) is 11.5 Å². The summed E-state index contributed by atoms with van der Waals surface area (Å²) in [6.07, 6.45) is 0. The van der Waals surface area contributed by atoms with Gasteiger partial charge in [0.05, 0.1) is 5.69 Å². The molecule has 0 saturated carbocycles. The smallest absolute Gasteiger partial charge is 0.265 e. The van der Waals surface area contributed by atoms with E-state index in [2.05, 4.69) is 4.72 Å². The fraction of sp³-hybridized carbons (Fsp3) is 0.167. The molecule has 0 fully saturated rings. The predicted molar refractivity (Wildman–Crippen MR) is 71.6 cm³/mol. The SMILES string of the molecule is Cc1oc(CO)cc1S(=O)(=O)Nc1cc(F)cc(Cl)c1. The van der Waals surface area contributed by atoms with Gasteiger partial charge in [-0.25, -0.2) is 12.8 Å². The van der Waals surface area contributed by atoms with Gasteiger partial charge in [0.25, 0.3) is 10.0 Å². The molecule has 2 N–H and O–H groups in total. The summed E-state index contributed by atoms with van der Waals surface area (Å²) in [5.74, 6) is -0.403. The van der Waals surface area contributed by atoms with E-state index in [0.29, 0.717) is 0 Å². The van der Waals surface area contributed by atoms with Crippen molar-refractivity contribution >= 4 is 27.3 Å². The van der Waals surface area contributed by atoms with Crippen LogP contribution in [0.4, 0.5) is 10.1 Å². The average Bonchev–Trinajstić information content (AvgIpc) is 2.69. The van der Waals surface area contributed by atoms with Crippen molar-refractivity contribution in [3.63, 3.8) is 0 Å². The summed E-state index contributed by atoms with van der Waals surface area (Å²) in [6, 6.07) is 4.56. The highest BCUT2D eigenvalue weighted by Crippen LogP contribution is 2.25. The molecule has 1 aromatic heterocycles. The van der Waals surface area contributed by atoms with Gasteiger partial charge in [0.2, 0.25) is 0 Å². The van der Waals surface area contributed by atoms with Crippen LogP contribution in [0, 0.1) is 12.7 Å². The molecule has 2 rings (SSSR count). The van der Waals surface area contributed by atoms with E-state index in [-0.39, 0.29) is 27.1 Å². The van der Waals surface area contributed by atoms with Crippen LogP contribution in [-0.2, 0) is 16.6 Å². The van der Waals surface area contributed by atoms with E-state index in [1.165, 1.54) is 19.1 Å². The molecule has 0 unspecified atom stereocenters. The van der Waals surface area contributed by atoms with Crippen LogP contribution in [0.25, 0.3) is 0 Å². The Morgan fingerprint density at radius 3 is 2.60 bits per heavy atom. The first kappa shape index (κ1) is 14.8. The Labute approximate surface area is 120 Å². The first-order valence-corrected chi connectivity index (χ1v) is 7.37. The first-order valence-electron chi connectivity index (χ1n) is 5.51. The molecule has 1 aromatic carbocycles.